The Labute approximate surface area is 91.3 Å². The first-order chi connectivity index (χ1) is 6.79. The molecule has 1 aromatic carbocycles. The maximum atomic E-state index is 11.8. The van der Waals surface area contributed by atoms with Crippen LogP contribution >= 0.6 is 0 Å². The van der Waals surface area contributed by atoms with Crippen LogP contribution in [-0.2, 0) is 4.74 Å². The van der Waals surface area contributed by atoms with E-state index in [2.05, 4.69) is 0 Å². The fourth-order valence-electron chi connectivity index (χ4n) is 1.38. The minimum atomic E-state index is -0.436. The van der Waals surface area contributed by atoms with Gasteiger partial charge in [0.1, 0.15) is 5.60 Å². The number of hydrogen-bond donors (Lipinski definition) is 0. The molecule has 0 radical (unpaired) electrons. The van der Waals surface area contributed by atoms with Gasteiger partial charge in [-0.2, -0.15) is 0 Å². The smallest absolute Gasteiger partial charge is 0.338 e. The van der Waals surface area contributed by atoms with Gasteiger partial charge in [0.05, 0.1) is 5.56 Å². The lowest BCUT2D eigenvalue weighted by molar-refractivity contribution is 0.00688. The summed E-state index contributed by atoms with van der Waals surface area (Å²) in [4.78, 5) is 11.8. The lowest BCUT2D eigenvalue weighted by atomic mass is 10.1. The molecule has 0 aliphatic heterocycles. The molecule has 0 amide bonds. The summed E-state index contributed by atoms with van der Waals surface area (Å²) in [7, 11) is 0. The van der Waals surface area contributed by atoms with E-state index in [-0.39, 0.29) is 5.97 Å². The zero-order valence-electron chi connectivity index (χ0n) is 10.0. The number of hydrogen-bond acceptors (Lipinski definition) is 2. The molecule has 0 aliphatic carbocycles. The number of carbonyl (C=O) groups is 1. The lowest BCUT2D eigenvalue weighted by Gasteiger charge is -2.20. The van der Waals surface area contributed by atoms with Crippen LogP contribution in [0.3, 0.4) is 0 Å². The average Bonchev–Trinajstić information content (AvgIpc) is 1.99. The number of ether oxygens (including phenoxy) is 1. The van der Waals surface area contributed by atoms with Gasteiger partial charge in [0.15, 0.2) is 0 Å². The second-order valence-corrected chi connectivity index (χ2v) is 4.82. The van der Waals surface area contributed by atoms with Crippen LogP contribution in [0, 0.1) is 13.8 Å². The molecule has 0 saturated carbocycles. The lowest BCUT2D eigenvalue weighted by Crippen LogP contribution is -2.24. The van der Waals surface area contributed by atoms with Crippen LogP contribution < -0.4 is 0 Å². The van der Waals surface area contributed by atoms with Crippen molar-refractivity contribution in [1.82, 2.24) is 0 Å². The summed E-state index contributed by atoms with van der Waals surface area (Å²) in [6, 6.07) is 5.73. The molecule has 15 heavy (non-hydrogen) atoms. The molecular weight excluding hydrogens is 188 g/mol. The molecule has 0 unspecified atom stereocenters. The second-order valence-electron chi connectivity index (χ2n) is 4.82. The van der Waals surface area contributed by atoms with E-state index in [9.17, 15) is 4.79 Å². The molecule has 0 saturated heterocycles. The van der Waals surface area contributed by atoms with Gasteiger partial charge >= 0.3 is 5.97 Å². The summed E-state index contributed by atoms with van der Waals surface area (Å²) in [6.07, 6.45) is 0. The van der Waals surface area contributed by atoms with Crippen LogP contribution in [0.2, 0.25) is 0 Å². The Hall–Kier alpha value is -1.31. The Morgan fingerprint density at radius 1 is 1.20 bits per heavy atom. The van der Waals surface area contributed by atoms with Gasteiger partial charge in [0, 0.05) is 0 Å². The summed E-state index contributed by atoms with van der Waals surface area (Å²) in [6.45, 7) is 9.54. The van der Waals surface area contributed by atoms with Crippen molar-refractivity contribution in [3.8, 4) is 0 Å². The normalized spacial score (nSPS) is 11.3. The number of benzene rings is 1. The predicted octanol–water partition coefficient (Wildman–Crippen LogP) is 3.26. The quantitative estimate of drug-likeness (QED) is 0.659. The maximum Gasteiger partial charge on any atom is 0.338 e. The first kappa shape index (κ1) is 11.8. The van der Waals surface area contributed by atoms with Gasteiger partial charge in [0.2, 0.25) is 0 Å². The van der Waals surface area contributed by atoms with E-state index < -0.39 is 5.60 Å². The van der Waals surface area contributed by atoms with E-state index in [1.165, 1.54) is 0 Å². The molecule has 0 bridgehead atoms. The molecule has 2 heteroatoms. The standard InChI is InChI=1S/C13H18O2/c1-9-6-7-11(10(2)8-9)12(14)15-13(3,4)5/h6-8H,1-5H3. The topological polar surface area (TPSA) is 26.3 Å². The summed E-state index contributed by atoms with van der Waals surface area (Å²) in [5.74, 6) is -0.250. The average molecular weight is 206 g/mol. The third kappa shape index (κ3) is 3.39. The second kappa shape index (κ2) is 4.05. The third-order valence-electron chi connectivity index (χ3n) is 2.00. The van der Waals surface area contributed by atoms with Gasteiger partial charge < -0.3 is 4.74 Å². The molecule has 1 rings (SSSR count). The highest BCUT2D eigenvalue weighted by atomic mass is 16.6. The molecular formula is C13H18O2. The molecule has 0 heterocycles. The van der Waals surface area contributed by atoms with E-state index in [1.807, 2.05) is 52.8 Å². The SMILES string of the molecule is Cc1ccc(C(=O)OC(C)(C)C)c(C)c1. The highest BCUT2D eigenvalue weighted by Gasteiger charge is 2.18. The molecule has 0 spiro atoms. The molecule has 0 fully saturated rings. The minimum Gasteiger partial charge on any atom is -0.456 e. The van der Waals surface area contributed by atoms with E-state index in [0.29, 0.717) is 5.56 Å². The van der Waals surface area contributed by atoms with Crippen LogP contribution in [0.1, 0.15) is 42.3 Å². The highest BCUT2D eigenvalue weighted by Crippen LogP contribution is 2.16. The number of carbonyl (C=O) groups excluding carboxylic acids is 1. The van der Waals surface area contributed by atoms with Crippen molar-refractivity contribution >= 4 is 5.97 Å². The van der Waals surface area contributed by atoms with Gasteiger partial charge in [-0.3, -0.25) is 0 Å². The third-order valence-corrected chi connectivity index (χ3v) is 2.00. The molecule has 1 aromatic rings. The summed E-state index contributed by atoms with van der Waals surface area (Å²) in [5.41, 5.74) is 2.33. The van der Waals surface area contributed by atoms with Crippen LogP contribution in [0.15, 0.2) is 18.2 Å². The molecule has 2 nitrogen and oxygen atoms in total. The fraction of sp³-hybridized carbons (Fsp3) is 0.462. The van der Waals surface area contributed by atoms with Crippen LogP contribution in [0.4, 0.5) is 0 Å². The summed E-state index contributed by atoms with van der Waals surface area (Å²) >= 11 is 0. The molecule has 82 valence electrons. The molecule has 0 atom stereocenters. The van der Waals surface area contributed by atoms with E-state index >= 15 is 0 Å². The van der Waals surface area contributed by atoms with Gasteiger partial charge in [-0.15, -0.1) is 0 Å². The van der Waals surface area contributed by atoms with E-state index in [0.717, 1.165) is 11.1 Å². The Morgan fingerprint density at radius 2 is 1.80 bits per heavy atom. The van der Waals surface area contributed by atoms with Gasteiger partial charge in [-0.05, 0) is 46.2 Å². The molecule has 0 aromatic heterocycles. The van der Waals surface area contributed by atoms with Crippen molar-refractivity contribution in [3.63, 3.8) is 0 Å². The summed E-state index contributed by atoms with van der Waals surface area (Å²) < 4.78 is 5.31. The zero-order valence-corrected chi connectivity index (χ0v) is 10.0. The van der Waals surface area contributed by atoms with Crippen LogP contribution in [0.25, 0.3) is 0 Å². The predicted molar refractivity (Wildman–Crippen MR) is 61.1 cm³/mol. The van der Waals surface area contributed by atoms with Crippen molar-refractivity contribution in [2.75, 3.05) is 0 Å². The Morgan fingerprint density at radius 3 is 2.27 bits per heavy atom. The van der Waals surface area contributed by atoms with Gasteiger partial charge in [-0.25, -0.2) is 4.79 Å². The van der Waals surface area contributed by atoms with Crippen molar-refractivity contribution in [1.29, 1.82) is 0 Å². The molecule has 0 aliphatic rings. The Kier molecular flexibility index (Phi) is 3.18. The van der Waals surface area contributed by atoms with E-state index in [1.54, 1.807) is 0 Å². The first-order valence-corrected chi connectivity index (χ1v) is 5.10. The largest absolute Gasteiger partial charge is 0.456 e. The van der Waals surface area contributed by atoms with E-state index in [4.69, 9.17) is 4.74 Å². The van der Waals surface area contributed by atoms with Crippen molar-refractivity contribution in [2.45, 2.75) is 40.2 Å². The summed E-state index contributed by atoms with van der Waals surface area (Å²) in [5, 5.41) is 0. The van der Waals surface area contributed by atoms with Gasteiger partial charge in [-0.1, -0.05) is 17.7 Å². The first-order valence-electron chi connectivity index (χ1n) is 5.10. The molecule has 0 N–H and O–H groups in total. The van der Waals surface area contributed by atoms with Crippen LogP contribution in [-0.4, -0.2) is 11.6 Å². The monoisotopic (exact) mass is 206 g/mol. The number of esters is 1. The zero-order chi connectivity index (χ0) is 11.6. The van der Waals surface area contributed by atoms with Crippen molar-refractivity contribution < 1.29 is 9.53 Å². The van der Waals surface area contributed by atoms with Gasteiger partial charge in [0.25, 0.3) is 0 Å². The maximum absolute atomic E-state index is 11.8. The van der Waals surface area contributed by atoms with Crippen molar-refractivity contribution in [2.24, 2.45) is 0 Å². The van der Waals surface area contributed by atoms with Crippen molar-refractivity contribution in [3.05, 3.63) is 34.9 Å². The highest BCUT2D eigenvalue weighted by molar-refractivity contribution is 5.91. The Bertz CT molecular complexity index is 373. The van der Waals surface area contributed by atoms with Crippen LogP contribution in [0.5, 0.6) is 0 Å². The minimum absolute atomic E-state index is 0.250. The number of aryl methyl sites for hydroxylation is 2. The Balaban J connectivity index is 2.92. The number of rotatable bonds is 1. The fourth-order valence-corrected chi connectivity index (χ4v) is 1.38.